The molecule has 1 unspecified atom stereocenters. The van der Waals surface area contributed by atoms with E-state index in [1.165, 1.54) is 55.1 Å². The van der Waals surface area contributed by atoms with Gasteiger partial charge in [-0.25, -0.2) is 8.78 Å². The number of halogens is 2. The minimum Gasteiger partial charge on any atom is -0.326 e. The van der Waals surface area contributed by atoms with Crippen LogP contribution in [-0.2, 0) is 21.0 Å². The van der Waals surface area contributed by atoms with Crippen molar-refractivity contribution < 1.29 is 22.8 Å². The molecule has 0 heterocycles. The van der Waals surface area contributed by atoms with E-state index in [9.17, 15) is 13.3 Å². The number of nitrogens with one attached hydrogen (secondary N) is 1. The van der Waals surface area contributed by atoms with Gasteiger partial charge in [-0.15, -0.1) is 11.8 Å². The number of benzene rings is 2. The van der Waals surface area contributed by atoms with Gasteiger partial charge in [0.2, 0.25) is 0 Å². The molecule has 0 aromatic heterocycles. The molecule has 0 amide bonds. The Morgan fingerprint density at radius 3 is 2.55 bits per heavy atom. The minimum absolute atomic E-state index is 0.153. The van der Waals surface area contributed by atoms with Gasteiger partial charge in [0.25, 0.3) is 0 Å². The number of hydrogen-bond donors (Lipinski definition) is 2. The molecule has 1 aliphatic carbocycles. The van der Waals surface area contributed by atoms with Crippen molar-refractivity contribution >= 4 is 20.0 Å². The topological polar surface area (TPSA) is 58.6 Å². The maximum absolute atomic E-state index is 14.5. The highest BCUT2D eigenvalue weighted by Gasteiger charge is 2.34. The molecule has 1 atom stereocenters. The van der Waals surface area contributed by atoms with Crippen LogP contribution < -0.4 is 5.32 Å². The molecule has 1 fully saturated rings. The standard InChI is InChI=1S/C25H34F2NO3PS/c26-22-18-24(23(27)17-20(22)19-28-14-8-15-31-32(29)30)33-16-7-6-13-25(11-4-5-12-25)21-9-2-1-3-10-21/h1-3,9-10,17-18,28,32H,4-8,11-16,19H2,(H,29,30). The van der Waals surface area contributed by atoms with Crippen molar-refractivity contribution in [1.29, 1.82) is 0 Å². The minimum atomic E-state index is -2.91. The summed E-state index contributed by atoms with van der Waals surface area (Å²) in [5, 5.41) is 3.00. The van der Waals surface area contributed by atoms with Crippen molar-refractivity contribution in [2.75, 3.05) is 18.9 Å². The van der Waals surface area contributed by atoms with Gasteiger partial charge in [0.05, 0.1) is 6.61 Å². The normalized spacial score (nSPS) is 16.2. The van der Waals surface area contributed by atoms with Gasteiger partial charge < -0.3 is 14.7 Å². The molecule has 3 rings (SSSR count). The first-order chi connectivity index (χ1) is 16.0. The largest absolute Gasteiger partial charge is 0.326 e. The van der Waals surface area contributed by atoms with Gasteiger partial charge in [-0.05, 0) is 67.5 Å². The summed E-state index contributed by atoms with van der Waals surface area (Å²) in [5.74, 6) is -0.0404. The quantitative estimate of drug-likeness (QED) is 0.175. The highest BCUT2D eigenvalue weighted by Crippen LogP contribution is 2.45. The Morgan fingerprint density at radius 2 is 1.82 bits per heavy atom. The molecule has 1 aliphatic rings. The summed E-state index contributed by atoms with van der Waals surface area (Å²) in [6.45, 7) is 0.834. The molecule has 2 aromatic rings. The maximum atomic E-state index is 14.5. The molecule has 0 radical (unpaired) electrons. The molecular weight excluding hydrogens is 463 g/mol. The Kier molecular flexibility index (Phi) is 10.9. The average Bonchev–Trinajstić information content (AvgIpc) is 3.29. The summed E-state index contributed by atoms with van der Waals surface area (Å²) < 4.78 is 44.0. The third-order valence-corrected chi connectivity index (χ3v) is 7.96. The van der Waals surface area contributed by atoms with Crippen LogP contribution in [0, 0.1) is 11.6 Å². The lowest BCUT2D eigenvalue weighted by Crippen LogP contribution is -2.21. The van der Waals surface area contributed by atoms with E-state index < -0.39 is 19.9 Å². The zero-order valence-corrected chi connectivity index (χ0v) is 20.8. The van der Waals surface area contributed by atoms with Crippen LogP contribution >= 0.6 is 20.0 Å². The van der Waals surface area contributed by atoms with E-state index in [1.54, 1.807) is 0 Å². The number of rotatable bonds is 14. The monoisotopic (exact) mass is 497 g/mol. The van der Waals surface area contributed by atoms with E-state index in [2.05, 4.69) is 40.2 Å². The third kappa shape index (κ3) is 8.18. The van der Waals surface area contributed by atoms with Crippen molar-refractivity contribution in [1.82, 2.24) is 5.32 Å². The Hall–Kier alpha value is -1.24. The third-order valence-electron chi connectivity index (χ3n) is 6.39. The summed E-state index contributed by atoms with van der Waals surface area (Å²) in [6.07, 6.45) is 8.79. The fourth-order valence-corrected chi connectivity index (χ4v) is 5.94. The molecule has 0 spiro atoms. The van der Waals surface area contributed by atoms with E-state index in [0.717, 1.165) is 25.0 Å². The molecule has 0 saturated heterocycles. The highest BCUT2D eigenvalue weighted by molar-refractivity contribution is 7.99. The summed E-state index contributed by atoms with van der Waals surface area (Å²) in [6, 6.07) is 13.4. The Bertz CT molecular complexity index is 895. The van der Waals surface area contributed by atoms with Gasteiger partial charge in [0.1, 0.15) is 11.6 Å². The van der Waals surface area contributed by atoms with Crippen molar-refractivity contribution in [2.45, 2.75) is 68.2 Å². The van der Waals surface area contributed by atoms with Crippen LogP contribution in [-0.4, -0.2) is 23.8 Å². The van der Waals surface area contributed by atoms with Crippen LogP contribution in [0.1, 0.15) is 62.5 Å². The van der Waals surface area contributed by atoms with Gasteiger partial charge >= 0.3 is 8.25 Å². The fraction of sp³-hybridized carbons (Fsp3) is 0.520. The molecule has 182 valence electrons. The summed E-state index contributed by atoms with van der Waals surface area (Å²) in [5.41, 5.74) is 2.02. The molecule has 33 heavy (non-hydrogen) atoms. The maximum Gasteiger partial charge on any atom is 0.316 e. The first kappa shape index (κ1) is 26.4. The predicted octanol–water partition coefficient (Wildman–Crippen LogP) is 6.62. The van der Waals surface area contributed by atoms with E-state index in [4.69, 9.17) is 4.89 Å². The number of hydrogen-bond acceptors (Lipinski definition) is 4. The Morgan fingerprint density at radius 1 is 1.06 bits per heavy atom. The Balaban J connectivity index is 1.41. The molecule has 0 bridgehead atoms. The van der Waals surface area contributed by atoms with Crippen LogP contribution in [0.2, 0.25) is 0 Å². The molecule has 4 nitrogen and oxygen atoms in total. The zero-order valence-electron chi connectivity index (χ0n) is 19.0. The number of unbranched alkanes of at least 4 members (excludes halogenated alkanes) is 1. The smallest absolute Gasteiger partial charge is 0.316 e. The summed E-state index contributed by atoms with van der Waals surface area (Å²) >= 11 is 1.38. The van der Waals surface area contributed by atoms with Crippen molar-refractivity contribution in [3.8, 4) is 0 Å². The molecule has 2 aromatic carbocycles. The SMILES string of the molecule is O=[PH](O)OCCCNCc1cc(F)c(SCCCCC2(c3ccccc3)CCCC2)cc1F. The van der Waals surface area contributed by atoms with Crippen molar-refractivity contribution in [2.24, 2.45) is 0 Å². The van der Waals surface area contributed by atoms with E-state index in [1.807, 2.05) is 0 Å². The van der Waals surface area contributed by atoms with E-state index in [0.29, 0.717) is 23.3 Å². The van der Waals surface area contributed by atoms with E-state index >= 15 is 0 Å². The first-order valence-electron chi connectivity index (χ1n) is 11.7. The zero-order chi connectivity index (χ0) is 23.5. The van der Waals surface area contributed by atoms with Crippen LogP contribution in [0.25, 0.3) is 0 Å². The molecule has 8 heteroatoms. The fourth-order valence-electron chi connectivity index (χ4n) is 4.67. The van der Waals surface area contributed by atoms with E-state index in [-0.39, 0.29) is 18.7 Å². The van der Waals surface area contributed by atoms with Crippen molar-refractivity contribution in [3.63, 3.8) is 0 Å². The molecule has 2 N–H and O–H groups in total. The lowest BCUT2D eigenvalue weighted by molar-refractivity contribution is 0.276. The van der Waals surface area contributed by atoms with Gasteiger partial charge in [0, 0.05) is 17.0 Å². The second-order valence-corrected chi connectivity index (χ2v) is 10.6. The second kappa shape index (κ2) is 13.6. The van der Waals surface area contributed by atoms with Crippen LogP contribution in [0.15, 0.2) is 47.4 Å². The van der Waals surface area contributed by atoms with Crippen molar-refractivity contribution in [3.05, 3.63) is 65.2 Å². The highest BCUT2D eigenvalue weighted by atomic mass is 32.2. The molecular formula is C25H34F2NO3PS. The first-order valence-corrected chi connectivity index (χ1v) is 14.0. The second-order valence-electron chi connectivity index (χ2n) is 8.68. The van der Waals surface area contributed by atoms with Gasteiger partial charge in [0.15, 0.2) is 0 Å². The van der Waals surface area contributed by atoms with Crippen LogP contribution in [0.4, 0.5) is 8.78 Å². The van der Waals surface area contributed by atoms with Crippen LogP contribution in [0.3, 0.4) is 0 Å². The average molecular weight is 498 g/mol. The Labute approximate surface area is 200 Å². The summed E-state index contributed by atoms with van der Waals surface area (Å²) in [4.78, 5) is 8.95. The lowest BCUT2D eigenvalue weighted by atomic mass is 9.75. The number of thioether (sulfide) groups is 1. The molecule has 0 aliphatic heterocycles. The van der Waals surface area contributed by atoms with Gasteiger partial charge in [-0.3, -0.25) is 4.57 Å². The van der Waals surface area contributed by atoms with Crippen LogP contribution in [0.5, 0.6) is 0 Å². The summed E-state index contributed by atoms with van der Waals surface area (Å²) in [7, 11) is -2.91. The predicted molar refractivity (Wildman–Crippen MR) is 131 cm³/mol. The molecule has 1 saturated carbocycles. The van der Waals surface area contributed by atoms with Gasteiger partial charge in [-0.2, -0.15) is 0 Å². The van der Waals surface area contributed by atoms with Gasteiger partial charge in [-0.1, -0.05) is 49.6 Å². The lowest BCUT2D eigenvalue weighted by Gasteiger charge is -2.30.